The summed E-state index contributed by atoms with van der Waals surface area (Å²) in [5, 5.41) is 9.55. The summed E-state index contributed by atoms with van der Waals surface area (Å²) < 4.78 is 0.376. The van der Waals surface area contributed by atoms with Gasteiger partial charge in [0.2, 0.25) is 0 Å². The molecule has 0 amide bonds. The largest absolute Gasteiger partial charge is 0.396 e. The summed E-state index contributed by atoms with van der Waals surface area (Å²) in [7, 11) is 0. The fourth-order valence-corrected chi connectivity index (χ4v) is 3.78. The lowest BCUT2D eigenvalue weighted by Crippen LogP contribution is -2.48. The molecule has 0 saturated carbocycles. The molecule has 1 atom stereocenters. The van der Waals surface area contributed by atoms with E-state index in [0.717, 1.165) is 25.9 Å². The minimum absolute atomic E-state index is 0.0901. The molecule has 1 heterocycles. The molecule has 0 spiro atoms. The number of rotatable bonds is 5. The lowest BCUT2D eigenvalue weighted by atomic mass is 9.85. The first-order valence-corrected chi connectivity index (χ1v) is 7.36. The van der Waals surface area contributed by atoms with E-state index in [2.05, 4.69) is 44.4 Å². The van der Waals surface area contributed by atoms with Gasteiger partial charge in [-0.1, -0.05) is 20.3 Å². The van der Waals surface area contributed by atoms with Gasteiger partial charge in [0.1, 0.15) is 0 Å². The van der Waals surface area contributed by atoms with Gasteiger partial charge in [-0.3, -0.25) is 0 Å². The van der Waals surface area contributed by atoms with Crippen LogP contribution in [0.25, 0.3) is 0 Å². The predicted octanol–water partition coefficient (Wildman–Crippen LogP) is 2.61. The Bertz CT molecular complexity index is 220. The van der Waals surface area contributed by atoms with Crippen LogP contribution < -0.4 is 0 Å². The van der Waals surface area contributed by atoms with Crippen LogP contribution in [0.2, 0.25) is 0 Å². The highest BCUT2D eigenvalue weighted by Crippen LogP contribution is 2.32. The summed E-state index contributed by atoms with van der Waals surface area (Å²) in [5.41, 5.74) is 0.0901. The fraction of sp³-hybridized carbons (Fsp3) is 1.00. The van der Waals surface area contributed by atoms with Gasteiger partial charge in [-0.2, -0.15) is 11.8 Å². The highest BCUT2D eigenvalue weighted by molar-refractivity contribution is 8.00. The normalized spacial score (nSPS) is 25.3. The van der Waals surface area contributed by atoms with E-state index in [0.29, 0.717) is 11.4 Å². The molecule has 1 aliphatic heterocycles. The molecule has 0 radical (unpaired) electrons. The molecule has 1 rings (SSSR count). The number of hydrogen-bond donors (Lipinski definition) is 1. The third kappa shape index (κ3) is 4.27. The van der Waals surface area contributed by atoms with Crippen LogP contribution in [0.4, 0.5) is 0 Å². The van der Waals surface area contributed by atoms with Gasteiger partial charge < -0.3 is 10.0 Å². The maximum Gasteiger partial charge on any atom is 0.0497 e. The summed E-state index contributed by atoms with van der Waals surface area (Å²) in [6, 6.07) is 0. The molecule has 3 heteroatoms. The van der Waals surface area contributed by atoms with Gasteiger partial charge in [0.15, 0.2) is 0 Å². The van der Waals surface area contributed by atoms with E-state index < -0.39 is 0 Å². The van der Waals surface area contributed by atoms with Crippen LogP contribution >= 0.6 is 11.8 Å². The number of aliphatic hydroxyl groups excluding tert-OH is 1. The molecule has 1 N–H and O–H groups in total. The first-order chi connectivity index (χ1) is 7.41. The quantitative estimate of drug-likeness (QED) is 0.805. The smallest absolute Gasteiger partial charge is 0.0497 e. The van der Waals surface area contributed by atoms with Crippen molar-refractivity contribution in [3.05, 3.63) is 0 Å². The summed E-state index contributed by atoms with van der Waals surface area (Å²) in [6.07, 6.45) is 2.27. The summed E-state index contributed by atoms with van der Waals surface area (Å²) in [4.78, 5) is 2.53. The average molecular weight is 245 g/mol. The Morgan fingerprint density at radius 3 is 2.62 bits per heavy atom. The van der Waals surface area contributed by atoms with Crippen molar-refractivity contribution in [1.82, 2.24) is 4.90 Å². The maximum absolute atomic E-state index is 9.55. The number of thioether (sulfide) groups is 1. The van der Waals surface area contributed by atoms with Gasteiger partial charge in [-0.05, 0) is 20.3 Å². The van der Waals surface area contributed by atoms with Crippen LogP contribution in [0.5, 0.6) is 0 Å². The Labute approximate surface area is 105 Å². The second-order valence-corrected chi connectivity index (χ2v) is 7.84. The topological polar surface area (TPSA) is 23.5 Å². The third-order valence-corrected chi connectivity index (χ3v) is 4.64. The monoisotopic (exact) mass is 245 g/mol. The second-order valence-electron chi connectivity index (χ2n) is 6.04. The first-order valence-electron chi connectivity index (χ1n) is 6.38. The first kappa shape index (κ1) is 14.3. The van der Waals surface area contributed by atoms with Crippen molar-refractivity contribution in [1.29, 1.82) is 0 Å². The zero-order valence-electron chi connectivity index (χ0n) is 11.3. The van der Waals surface area contributed by atoms with Crippen molar-refractivity contribution in [2.24, 2.45) is 5.41 Å². The van der Waals surface area contributed by atoms with Crippen LogP contribution in [0.3, 0.4) is 0 Å². The van der Waals surface area contributed by atoms with E-state index >= 15 is 0 Å². The van der Waals surface area contributed by atoms with Gasteiger partial charge in [0.05, 0.1) is 0 Å². The van der Waals surface area contributed by atoms with Gasteiger partial charge in [-0.25, -0.2) is 0 Å². The summed E-state index contributed by atoms with van der Waals surface area (Å²) in [6.45, 7) is 12.7. The van der Waals surface area contributed by atoms with Crippen molar-refractivity contribution in [3.8, 4) is 0 Å². The molecule has 0 aromatic carbocycles. The summed E-state index contributed by atoms with van der Waals surface area (Å²) in [5.74, 6) is 1.22. The molecule has 0 bridgehead atoms. The Hall–Kier alpha value is 0.270. The number of aliphatic hydroxyl groups is 1. The molecular formula is C13H27NOS. The minimum Gasteiger partial charge on any atom is -0.396 e. The molecule has 0 aliphatic carbocycles. The zero-order valence-corrected chi connectivity index (χ0v) is 12.1. The second kappa shape index (κ2) is 5.74. The predicted molar refractivity (Wildman–Crippen MR) is 73.1 cm³/mol. The molecule has 96 valence electrons. The Balaban J connectivity index is 2.51. The van der Waals surface area contributed by atoms with Gasteiger partial charge in [0.25, 0.3) is 0 Å². The van der Waals surface area contributed by atoms with Gasteiger partial charge in [-0.15, -0.1) is 0 Å². The van der Waals surface area contributed by atoms with Crippen molar-refractivity contribution in [2.75, 3.05) is 32.0 Å². The zero-order chi connectivity index (χ0) is 12.2. The van der Waals surface area contributed by atoms with E-state index in [1.165, 1.54) is 12.3 Å². The molecule has 1 aliphatic rings. The Morgan fingerprint density at radius 2 is 2.12 bits per heavy atom. The van der Waals surface area contributed by atoms with Crippen molar-refractivity contribution in [3.63, 3.8) is 0 Å². The van der Waals surface area contributed by atoms with E-state index in [-0.39, 0.29) is 5.41 Å². The SMILES string of the molecule is CCCC(C)(CO)CN1CCSC(C)(C)C1. The molecule has 1 unspecified atom stereocenters. The highest BCUT2D eigenvalue weighted by Gasteiger charge is 2.31. The molecule has 16 heavy (non-hydrogen) atoms. The molecule has 0 aromatic heterocycles. The van der Waals surface area contributed by atoms with E-state index in [1.807, 2.05) is 0 Å². The molecule has 1 saturated heterocycles. The van der Waals surface area contributed by atoms with Crippen molar-refractivity contribution in [2.45, 2.75) is 45.3 Å². The number of nitrogens with zero attached hydrogens (tertiary/aromatic N) is 1. The number of hydrogen-bond acceptors (Lipinski definition) is 3. The van der Waals surface area contributed by atoms with Gasteiger partial charge >= 0.3 is 0 Å². The van der Waals surface area contributed by atoms with Crippen LogP contribution in [-0.2, 0) is 0 Å². The highest BCUT2D eigenvalue weighted by atomic mass is 32.2. The van der Waals surface area contributed by atoms with E-state index in [4.69, 9.17) is 0 Å². The fourth-order valence-electron chi connectivity index (χ4n) is 2.60. The maximum atomic E-state index is 9.55. The van der Waals surface area contributed by atoms with Crippen LogP contribution in [0.15, 0.2) is 0 Å². The Morgan fingerprint density at radius 1 is 1.44 bits per heavy atom. The van der Waals surface area contributed by atoms with Crippen LogP contribution in [-0.4, -0.2) is 46.7 Å². The van der Waals surface area contributed by atoms with Crippen molar-refractivity contribution >= 4 is 11.8 Å². The lowest BCUT2D eigenvalue weighted by Gasteiger charge is -2.41. The minimum atomic E-state index is 0.0901. The molecule has 1 fully saturated rings. The molecule has 0 aromatic rings. The molecule has 2 nitrogen and oxygen atoms in total. The van der Waals surface area contributed by atoms with Crippen molar-refractivity contribution < 1.29 is 5.11 Å². The lowest BCUT2D eigenvalue weighted by molar-refractivity contribution is 0.0776. The Kier molecular flexibility index (Phi) is 5.14. The van der Waals surface area contributed by atoms with Gasteiger partial charge in [0, 0.05) is 42.2 Å². The standard InChI is InChI=1S/C13H27NOS/c1-5-6-13(4,11-15)10-14-7-8-16-12(2,3)9-14/h15H,5-11H2,1-4H3. The third-order valence-electron chi connectivity index (χ3n) is 3.35. The van der Waals surface area contributed by atoms with E-state index in [1.54, 1.807) is 0 Å². The van der Waals surface area contributed by atoms with Crippen LogP contribution in [0.1, 0.15) is 40.5 Å². The van der Waals surface area contributed by atoms with E-state index in [9.17, 15) is 5.11 Å². The molecular weight excluding hydrogens is 218 g/mol. The average Bonchev–Trinajstić information content (AvgIpc) is 2.16. The van der Waals surface area contributed by atoms with Crippen LogP contribution in [0, 0.1) is 5.41 Å². The summed E-state index contributed by atoms with van der Waals surface area (Å²) >= 11 is 2.07.